The molecule has 0 unspecified atom stereocenters. The summed E-state index contributed by atoms with van der Waals surface area (Å²) in [4.78, 5) is 14.5. The first-order chi connectivity index (χ1) is 13.1. The number of hydrogen-bond acceptors (Lipinski definition) is 7. The SMILES string of the molecule is CCn1c(SCC(=O)Nc2cc(Cl)ccc2OC)nnc1N1CCOCC1. The fraction of sp³-hybridized carbons (Fsp3) is 0.471. The van der Waals surface area contributed by atoms with Gasteiger partial charge >= 0.3 is 0 Å². The van der Waals surface area contributed by atoms with Gasteiger partial charge in [0.25, 0.3) is 0 Å². The molecule has 3 rings (SSSR count). The fourth-order valence-electron chi connectivity index (χ4n) is 2.76. The van der Waals surface area contributed by atoms with Crippen LogP contribution < -0.4 is 15.0 Å². The van der Waals surface area contributed by atoms with Crippen molar-refractivity contribution in [3.8, 4) is 5.75 Å². The third-order valence-corrected chi connectivity index (χ3v) is 5.28. The Labute approximate surface area is 167 Å². The zero-order valence-corrected chi connectivity index (χ0v) is 16.8. The average Bonchev–Trinajstić information content (AvgIpc) is 3.10. The van der Waals surface area contributed by atoms with E-state index in [4.69, 9.17) is 21.1 Å². The van der Waals surface area contributed by atoms with E-state index in [9.17, 15) is 4.79 Å². The zero-order chi connectivity index (χ0) is 19.2. The summed E-state index contributed by atoms with van der Waals surface area (Å²) in [7, 11) is 1.55. The highest BCUT2D eigenvalue weighted by Gasteiger charge is 2.20. The Kier molecular flexibility index (Phi) is 6.81. The lowest BCUT2D eigenvalue weighted by Crippen LogP contribution is -2.38. The summed E-state index contributed by atoms with van der Waals surface area (Å²) in [5, 5.41) is 12.6. The van der Waals surface area contributed by atoms with E-state index >= 15 is 0 Å². The van der Waals surface area contributed by atoms with Crippen molar-refractivity contribution in [3.05, 3.63) is 23.2 Å². The lowest BCUT2D eigenvalue weighted by molar-refractivity contribution is -0.113. The number of benzene rings is 1. The summed E-state index contributed by atoms with van der Waals surface area (Å²) >= 11 is 7.35. The molecule has 0 spiro atoms. The molecule has 2 heterocycles. The van der Waals surface area contributed by atoms with Gasteiger partial charge in [-0.15, -0.1) is 10.2 Å². The minimum absolute atomic E-state index is 0.167. The van der Waals surface area contributed by atoms with Crippen LogP contribution in [0.3, 0.4) is 0 Å². The summed E-state index contributed by atoms with van der Waals surface area (Å²) in [6.07, 6.45) is 0. The van der Waals surface area contributed by atoms with Gasteiger partial charge in [-0.05, 0) is 25.1 Å². The van der Waals surface area contributed by atoms with Crippen LogP contribution in [0, 0.1) is 0 Å². The standard InChI is InChI=1S/C17H22ClN5O3S/c1-3-23-16(22-6-8-26-9-7-22)20-21-17(23)27-11-15(24)19-13-10-12(18)4-5-14(13)25-2/h4-5,10H,3,6-9,11H2,1-2H3,(H,19,24). The molecule has 0 atom stereocenters. The molecule has 1 aromatic carbocycles. The smallest absolute Gasteiger partial charge is 0.234 e. The minimum atomic E-state index is -0.167. The topological polar surface area (TPSA) is 81.5 Å². The molecule has 0 bridgehead atoms. The van der Waals surface area contributed by atoms with Gasteiger partial charge in [0.2, 0.25) is 11.9 Å². The van der Waals surface area contributed by atoms with Crippen molar-refractivity contribution in [2.45, 2.75) is 18.6 Å². The predicted molar refractivity (Wildman–Crippen MR) is 106 cm³/mol. The first-order valence-corrected chi connectivity index (χ1v) is 10.0. The van der Waals surface area contributed by atoms with Crippen LogP contribution in [0.1, 0.15) is 6.92 Å². The lowest BCUT2D eigenvalue weighted by atomic mass is 10.3. The molecule has 0 saturated carbocycles. The first-order valence-electron chi connectivity index (χ1n) is 8.64. The number of aromatic nitrogens is 3. The van der Waals surface area contributed by atoms with Crippen LogP contribution >= 0.6 is 23.4 Å². The Bertz CT molecular complexity index is 795. The molecule has 146 valence electrons. The van der Waals surface area contributed by atoms with Gasteiger partial charge in [0.15, 0.2) is 5.16 Å². The zero-order valence-electron chi connectivity index (χ0n) is 15.3. The summed E-state index contributed by atoms with van der Waals surface area (Å²) in [6.45, 7) is 5.71. The normalized spacial score (nSPS) is 14.3. The van der Waals surface area contributed by atoms with Crippen LogP contribution in [-0.2, 0) is 16.1 Å². The fourth-order valence-corrected chi connectivity index (χ4v) is 3.73. The number of methoxy groups -OCH3 is 1. The molecule has 0 radical (unpaired) electrons. The second-order valence-corrected chi connectivity index (χ2v) is 7.19. The lowest BCUT2D eigenvalue weighted by Gasteiger charge is -2.27. The monoisotopic (exact) mass is 411 g/mol. The van der Waals surface area contributed by atoms with Crippen molar-refractivity contribution in [2.24, 2.45) is 0 Å². The summed E-state index contributed by atoms with van der Waals surface area (Å²) < 4.78 is 12.7. The maximum Gasteiger partial charge on any atom is 0.234 e. The van der Waals surface area contributed by atoms with E-state index in [0.717, 1.165) is 25.6 Å². The maximum atomic E-state index is 12.4. The van der Waals surface area contributed by atoms with E-state index in [1.165, 1.54) is 11.8 Å². The van der Waals surface area contributed by atoms with Crippen molar-refractivity contribution >= 4 is 40.9 Å². The number of carbonyl (C=O) groups is 1. The molecular formula is C17H22ClN5O3S. The van der Waals surface area contributed by atoms with Crippen LogP contribution in [0.2, 0.25) is 5.02 Å². The number of hydrogen-bond donors (Lipinski definition) is 1. The molecular weight excluding hydrogens is 390 g/mol. The predicted octanol–water partition coefficient (Wildman–Crippen LogP) is 2.53. The largest absolute Gasteiger partial charge is 0.495 e. The van der Waals surface area contributed by atoms with E-state index in [-0.39, 0.29) is 11.7 Å². The molecule has 1 aliphatic heterocycles. The van der Waals surface area contributed by atoms with Crippen molar-refractivity contribution < 1.29 is 14.3 Å². The molecule has 27 heavy (non-hydrogen) atoms. The van der Waals surface area contributed by atoms with E-state index in [2.05, 4.69) is 20.4 Å². The Balaban J connectivity index is 1.64. The van der Waals surface area contributed by atoms with E-state index in [1.807, 2.05) is 11.5 Å². The number of morpholine rings is 1. The molecule has 1 aromatic heterocycles. The van der Waals surface area contributed by atoms with Gasteiger partial charge in [0, 0.05) is 24.7 Å². The molecule has 1 amide bonds. The van der Waals surface area contributed by atoms with Crippen molar-refractivity contribution in [2.75, 3.05) is 49.4 Å². The van der Waals surface area contributed by atoms with Gasteiger partial charge in [-0.1, -0.05) is 23.4 Å². The summed E-state index contributed by atoms with van der Waals surface area (Å²) in [5.41, 5.74) is 0.543. The van der Waals surface area contributed by atoms with E-state index in [1.54, 1.807) is 25.3 Å². The molecule has 0 aliphatic carbocycles. The van der Waals surface area contributed by atoms with Crippen LogP contribution in [-0.4, -0.2) is 59.8 Å². The van der Waals surface area contributed by atoms with Crippen molar-refractivity contribution in [1.82, 2.24) is 14.8 Å². The van der Waals surface area contributed by atoms with Gasteiger partial charge in [-0.2, -0.15) is 0 Å². The van der Waals surface area contributed by atoms with Gasteiger partial charge in [-0.25, -0.2) is 0 Å². The Morgan fingerprint density at radius 2 is 2.15 bits per heavy atom. The van der Waals surface area contributed by atoms with Gasteiger partial charge in [0.1, 0.15) is 5.75 Å². The molecule has 10 heteroatoms. The van der Waals surface area contributed by atoms with Crippen LogP contribution in [0.25, 0.3) is 0 Å². The quantitative estimate of drug-likeness (QED) is 0.701. The number of thioether (sulfide) groups is 1. The molecule has 2 aromatic rings. The van der Waals surface area contributed by atoms with Gasteiger partial charge in [0.05, 0.1) is 31.8 Å². The second kappa shape index (κ2) is 9.29. The van der Waals surface area contributed by atoms with E-state index < -0.39 is 0 Å². The number of anilines is 2. The average molecular weight is 412 g/mol. The number of rotatable bonds is 7. The number of amides is 1. The third-order valence-electron chi connectivity index (χ3n) is 4.08. The maximum absolute atomic E-state index is 12.4. The molecule has 8 nitrogen and oxygen atoms in total. The highest BCUT2D eigenvalue weighted by atomic mass is 35.5. The Morgan fingerprint density at radius 1 is 1.37 bits per heavy atom. The Morgan fingerprint density at radius 3 is 2.85 bits per heavy atom. The Hall–Kier alpha value is -1.97. The van der Waals surface area contributed by atoms with Gasteiger partial charge < -0.3 is 19.7 Å². The van der Waals surface area contributed by atoms with Gasteiger partial charge in [-0.3, -0.25) is 9.36 Å². The van der Waals surface area contributed by atoms with Crippen LogP contribution in [0.5, 0.6) is 5.75 Å². The summed E-state index contributed by atoms with van der Waals surface area (Å²) in [5.74, 6) is 1.42. The second-order valence-electron chi connectivity index (χ2n) is 5.81. The number of halogens is 1. The summed E-state index contributed by atoms with van der Waals surface area (Å²) in [6, 6.07) is 5.09. The first kappa shape index (κ1) is 19.8. The third kappa shape index (κ3) is 4.85. The molecule has 1 fully saturated rings. The van der Waals surface area contributed by atoms with Crippen molar-refractivity contribution in [1.29, 1.82) is 0 Å². The molecule has 1 aliphatic rings. The van der Waals surface area contributed by atoms with Crippen LogP contribution in [0.15, 0.2) is 23.4 Å². The number of nitrogens with zero attached hydrogens (tertiary/aromatic N) is 4. The number of carbonyl (C=O) groups excluding carboxylic acids is 1. The minimum Gasteiger partial charge on any atom is -0.495 e. The highest BCUT2D eigenvalue weighted by Crippen LogP contribution is 2.28. The number of nitrogens with one attached hydrogen (secondary N) is 1. The molecule has 1 saturated heterocycles. The highest BCUT2D eigenvalue weighted by molar-refractivity contribution is 7.99. The number of ether oxygens (including phenoxy) is 2. The van der Waals surface area contributed by atoms with E-state index in [0.29, 0.717) is 34.8 Å². The van der Waals surface area contributed by atoms with Crippen LogP contribution in [0.4, 0.5) is 11.6 Å². The van der Waals surface area contributed by atoms with Crippen molar-refractivity contribution in [3.63, 3.8) is 0 Å². The molecule has 1 N–H and O–H groups in total.